The second-order valence-electron chi connectivity index (χ2n) is 6.24. The molecule has 3 rings (SSSR count). The van der Waals surface area contributed by atoms with E-state index >= 15 is 0 Å². The van der Waals surface area contributed by atoms with Gasteiger partial charge in [0.05, 0.1) is 17.9 Å². The summed E-state index contributed by atoms with van der Waals surface area (Å²) in [6, 6.07) is 19.3. The summed E-state index contributed by atoms with van der Waals surface area (Å²) in [4.78, 5) is 16.2. The average Bonchev–Trinajstić information content (AvgIpc) is 2.76. The molecule has 0 unspecified atom stereocenters. The fourth-order valence-corrected chi connectivity index (χ4v) is 2.98. The standard InChI is InChI=1S/C23H21BrN2O3/c24-20-8-11-22(29-16-17-4-2-1-3-5-17)18(14-20)6-9-21-10-7-19(15-26-21)23(28)25-12-13-27/h1-11,14-15,27H,12-13,16H2,(H,25,28)/b9-6+. The van der Waals surface area contributed by atoms with Gasteiger partial charge in [0.25, 0.3) is 5.91 Å². The van der Waals surface area contributed by atoms with E-state index in [1.807, 2.05) is 60.7 Å². The number of benzene rings is 2. The number of halogens is 1. The van der Waals surface area contributed by atoms with Crippen LogP contribution in [0.25, 0.3) is 12.2 Å². The Morgan fingerprint density at radius 3 is 2.66 bits per heavy atom. The maximum atomic E-state index is 11.9. The van der Waals surface area contributed by atoms with Crippen LogP contribution in [0.5, 0.6) is 5.75 Å². The van der Waals surface area contributed by atoms with Crippen LogP contribution in [0, 0.1) is 0 Å². The zero-order valence-electron chi connectivity index (χ0n) is 15.7. The van der Waals surface area contributed by atoms with E-state index in [4.69, 9.17) is 9.84 Å². The number of aliphatic hydroxyl groups is 1. The fourth-order valence-electron chi connectivity index (χ4n) is 2.60. The molecule has 0 bridgehead atoms. The fraction of sp³-hybridized carbons (Fsp3) is 0.130. The summed E-state index contributed by atoms with van der Waals surface area (Å²) in [5.74, 6) is 0.513. The van der Waals surface area contributed by atoms with Crippen molar-refractivity contribution in [2.24, 2.45) is 0 Å². The summed E-state index contributed by atoms with van der Waals surface area (Å²) >= 11 is 3.50. The maximum absolute atomic E-state index is 11.9. The molecule has 3 aromatic rings. The molecule has 0 radical (unpaired) electrons. The first-order valence-electron chi connectivity index (χ1n) is 9.15. The molecule has 0 saturated heterocycles. The van der Waals surface area contributed by atoms with Gasteiger partial charge in [0.2, 0.25) is 0 Å². The number of aromatic nitrogens is 1. The summed E-state index contributed by atoms with van der Waals surface area (Å²) < 4.78 is 6.94. The predicted molar refractivity (Wildman–Crippen MR) is 118 cm³/mol. The molecule has 0 saturated carbocycles. The van der Waals surface area contributed by atoms with Gasteiger partial charge in [0.15, 0.2) is 0 Å². The van der Waals surface area contributed by atoms with Crippen molar-refractivity contribution in [3.05, 3.63) is 93.7 Å². The molecule has 6 heteroatoms. The highest BCUT2D eigenvalue weighted by Gasteiger charge is 2.06. The van der Waals surface area contributed by atoms with E-state index in [0.29, 0.717) is 12.2 Å². The number of aliphatic hydroxyl groups excluding tert-OH is 1. The normalized spacial score (nSPS) is 10.8. The molecule has 0 spiro atoms. The third kappa shape index (κ3) is 6.27. The smallest absolute Gasteiger partial charge is 0.252 e. The van der Waals surface area contributed by atoms with Crippen molar-refractivity contribution in [2.45, 2.75) is 6.61 Å². The summed E-state index contributed by atoms with van der Waals surface area (Å²) in [5.41, 5.74) is 3.19. The van der Waals surface area contributed by atoms with E-state index in [1.54, 1.807) is 12.1 Å². The minimum atomic E-state index is -0.259. The minimum absolute atomic E-state index is 0.0959. The van der Waals surface area contributed by atoms with E-state index < -0.39 is 0 Å². The van der Waals surface area contributed by atoms with Crippen LogP contribution >= 0.6 is 15.9 Å². The lowest BCUT2D eigenvalue weighted by molar-refractivity contribution is 0.0944. The van der Waals surface area contributed by atoms with Gasteiger partial charge in [-0.25, -0.2) is 0 Å². The molecule has 1 aromatic heterocycles. The van der Waals surface area contributed by atoms with Crippen molar-refractivity contribution in [1.29, 1.82) is 0 Å². The predicted octanol–water partition coefficient (Wildman–Crippen LogP) is 4.32. The molecule has 0 atom stereocenters. The molecule has 1 heterocycles. The lowest BCUT2D eigenvalue weighted by Gasteiger charge is -2.10. The van der Waals surface area contributed by atoms with E-state index in [9.17, 15) is 4.79 Å². The number of amides is 1. The molecule has 29 heavy (non-hydrogen) atoms. The number of hydrogen-bond donors (Lipinski definition) is 2. The van der Waals surface area contributed by atoms with Gasteiger partial charge in [0, 0.05) is 22.8 Å². The number of rotatable bonds is 8. The summed E-state index contributed by atoms with van der Waals surface area (Å²) in [6.07, 6.45) is 5.31. The molecule has 148 valence electrons. The van der Waals surface area contributed by atoms with Crippen LogP contribution in [0.4, 0.5) is 0 Å². The minimum Gasteiger partial charge on any atom is -0.488 e. The van der Waals surface area contributed by atoms with E-state index in [2.05, 4.69) is 26.2 Å². The number of nitrogens with zero attached hydrogens (tertiary/aromatic N) is 1. The lowest BCUT2D eigenvalue weighted by atomic mass is 10.1. The van der Waals surface area contributed by atoms with Gasteiger partial charge >= 0.3 is 0 Å². The van der Waals surface area contributed by atoms with Crippen LogP contribution in [0.3, 0.4) is 0 Å². The number of pyridine rings is 1. The van der Waals surface area contributed by atoms with Crippen LogP contribution < -0.4 is 10.1 Å². The quantitative estimate of drug-likeness (QED) is 0.533. The van der Waals surface area contributed by atoms with Gasteiger partial charge in [-0.15, -0.1) is 0 Å². The Bertz CT molecular complexity index is 973. The molecular weight excluding hydrogens is 432 g/mol. The second kappa shape index (κ2) is 10.5. The van der Waals surface area contributed by atoms with Crippen molar-refractivity contribution in [1.82, 2.24) is 10.3 Å². The van der Waals surface area contributed by atoms with E-state index in [-0.39, 0.29) is 19.1 Å². The number of carbonyl (C=O) groups is 1. The van der Waals surface area contributed by atoms with Crippen LogP contribution in [0.1, 0.15) is 27.2 Å². The van der Waals surface area contributed by atoms with Crippen molar-refractivity contribution >= 4 is 34.0 Å². The molecule has 0 fully saturated rings. The van der Waals surface area contributed by atoms with Gasteiger partial charge in [-0.3, -0.25) is 9.78 Å². The Morgan fingerprint density at radius 1 is 1.10 bits per heavy atom. The Balaban J connectivity index is 1.71. The molecular formula is C23H21BrN2O3. The molecule has 0 aliphatic carbocycles. The Labute approximate surface area is 178 Å². The van der Waals surface area contributed by atoms with Crippen molar-refractivity contribution in [2.75, 3.05) is 13.2 Å². The Morgan fingerprint density at radius 2 is 1.93 bits per heavy atom. The summed E-state index contributed by atoms with van der Waals surface area (Å²) in [6.45, 7) is 0.607. The monoisotopic (exact) mass is 452 g/mol. The van der Waals surface area contributed by atoms with Crippen LogP contribution in [0.15, 0.2) is 71.3 Å². The first-order chi connectivity index (χ1) is 14.2. The van der Waals surface area contributed by atoms with Gasteiger partial charge in [-0.05, 0) is 48.0 Å². The molecule has 2 aromatic carbocycles. The van der Waals surface area contributed by atoms with Gasteiger partial charge in [-0.1, -0.05) is 46.3 Å². The number of carbonyl (C=O) groups excluding carboxylic acids is 1. The molecule has 2 N–H and O–H groups in total. The second-order valence-corrected chi connectivity index (χ2v) is 7.16. The van der Waals surface area contributed by atoms with Crippen molar-refractivity contribution in [3.8, 4) is 5.75 Å². The van der Waals surface area contributed by atoms with Gasteiger partial charge < -0.3 is 15.2 Å². The summed E-state index contributed by atoms with van der Waals surface area (Å²) in [5, 5.41) is 11.4. The maximum Gasteiger partial charge on any atom is 0.252 e. The lowest BCUT2D eigenvalue weighted by Crippen LogP contribution is -2.26. The van der Waals surface area contributed by atoms with Gasteiger partial charge in [-0.2, -0.15) is 0 Å². The third-order valence-electron chi connectivity index (χ3n) is 4.09. The highest BCUT2D eigenvalue weighted by molar-refractivity contribution is 9.10. The van der Waals surface area contributed by atoms with E-state index in [0.717, 1.165) is 27.0 Å². The highest BCUT2D eigenvalue weighted by atomic mass is 79.9. The first-order valence-corrected chi connectivity index (χ1v) is 9.94. The summed E-state index contributed by atoms with van der Waals surface area (Å²) in [7, 11) is 0. The SMILES string of the molecule is O=C(NCCO)c1ccc(/C=C/c2cc(Br)ccc2OCc2ccccc2)nc1. The third-order valence-corrected chi connectivity index (χ3v) is 4.58. The molecule has 0 aliphatic rings. The van der Waals surface area contributed by atoms with Crippen molar-refractivity contribution in [3.63, 3.8) is 0 Å². The Kier molecular flexibility index (Phi) is 7.55. The number of nitrogens with one attached hydrogen (secondary N) is 1. The van der Waals surface area contributed by atoms with Crippen LogP contribution in [0.2, 0.25) is 0 Å². The van der Waals surface area contributed by atoms with Crippen LogP contribution in [-0.4, -0.2) is 29.1 Å². The largest absolute Gasteiger partial charge is 0.488 e. The topological polar surface area (TPSA) is 71.5 Å². The number of hydrogen-bond acceptors (Lipinski definition) is 4. The highest BCUT2D eigenvalue weighted by Crippen LogP contribution is 2.26. The zero-order valence-corrected chi connectivity index (χ0v) is 17.3. The van der Waals surface area contributed by atoms with Crippen molar-refractivity contribution < 1.29 is 14.6 Å². The van der Waals surface area contributed by atoms with E-state index in [1.165, 1.54) is 6.20 Å². The molecule has 0 aliphatic heterocycles. The van der Waals surface area contributed by atoms with Gasteiger partial charge in [0.1, 0.15) is 12.4 Å². The van der Waals surface area contributed by atoms with Crippen LogP contribution in [-0.2, 0) is 6.61 Å². The zero-order chi connectivity index (χ0) is 20.5. The average molecular weight is 453 g/mol. The Hall–Kier alpha value is -2.96. The number of ether oxygens (including phenoxy) is 1. The molecule has 5 nitrogen and oxygen atoms in total. The molecule has 1 amide bonds. The first kappa shape index (κ1) is 20.8.